The van der Waals surface area contributed by atoms with Crippen LogP contribution in [0.25, 0.3) is 0 Å². The normalized spacial score (nSPS) is 14.2. The van der Waals surface area contributed by atoms with Crippen molar-refractivity contribution in [1.82, 2.24) is 4.90 Å². The van der Waals surface area contributed by atoms with Gasteiger partial charge in [0, 0.05) is 0 Å². The van der Waals surface area contributed by atoms with E-state index in [0.717, 1.165) is 13.2 Å². The van der Waals surface area contributed by atoms with Gasteiger partial charge in [-0.1, -0.05) is 48.1 Å². The van der Waals surface area contributed by atoms with Crippen LogP contribution >= 0.6 is 0 Å². The summed E-state index contributed by atoms with van der Waals surface area (Å²) >= 11 is 0. The van der Waals surface area contributed by atoms with E-state index in [0.29, 0.717) is 5.54 Å². The minimum absolute atomic E-state index is 0.0185. The van der Waals surface area contributed by atoms with Crippen LogP contribution < -0.4 is 0 Å². The van der Waals surface area contributed by atoms with Crippen LogP contribution in [0.4, 0.5) is 0 Å². The van der Waals surface area contributed by atoms with Crippen molar-refractivity contribution in [3.63, 3.8) is 0 Å². The van der Waals surface area contributed by atoms with E-state index in [1.54, 1.807) is 0 Å². The third-order valence-corrected chi connectivity index (χ3v) is 3.06. The van der Waals surface area contributed by atoms with Gasteiger partial charge < -0.3 is 4.74 Å². The van der Waals surface area contributed by atoms with Gasteiger partial charge >= 0.3 is 0 Å². The third kappa shape index (κ3) is 10.2. The monoisotopic (exact) mass is 287 g/mol. The molecule has 1 aliphatic rings. The molecule has 0 amide bonds. The quantitative estimate of drug-likeness (QED) is 0.705. The van der Waals surface area contributed by atoms with Gasteiger partial charge in [0.1, 0.15) is 0 Å². The molecule has 0 N–H and O–H groups in total. The average molecular weight is 287 g/mol. The number of ether oxygens (including phenoxy) is 1. The molecule has 0 unspecified atom stereocenters. The van der Waals surface area contributed by atoms with Gasteiger partial charge in [-0.25, -0.2) is 0 Å². The van der Waals surface area contributed by atoms with E-state index in [1.807, 2.05) is 27.7 Å². The summed E-state index contributed by atoms with van der Waals surface area (Å²) in [6, 6.07) is 0. The maximum absolute atomic E-state index is 9.69. The molecule has 0 aromatic carbocycles. The topological polar surface area (TPSA) is 29.5 Å². The van der Waals surface area contributed by atoms with Crippen molar-refractivity contribution in [3.05, 3.63) is 12.7 Å². The second kappa shape index (κ2) is 16.4. The Morgan fingerprint density at radius 3 is 1.80 bits per heavy atom. The Bertz CT molecular complexity index is 218. The lowest BCUT2D eigenvalue weighted by Crippen LogP contribution is -2.60. The molecule has 0 aliphatic carbocycles. The number of hydrogen-bond acceptors (Lipinski definition) is 3. The fourth-order valence-corrected chi connectivity index (χ4v) is 1.60. The maximum Gasteiger partial charge on any atom is 0.152 e. The molecule has 20 heavy (non-hydrogen) atoms. The summed E-state index contributed by atoms with van der Waals surface area (Å²) in [5, 5.41) is 0. The number of likely N-dealkylation sites (N-methyl/N-ethyl adjacent to an activating group) is 1. The molecule has 0 radical (unpaired) electrons. The second-order valence-corrected chi connectivity index (χ2v) is 4.31. The Balaban J connectivity index is -0.000000272. The van der Waals surface area contributed by atoms with Gasteiger partial charge in [0.2, 0.25) is 0 Å². The number of rotatable bonds is 5. The van der Waals surface area contributed by atoms with Crippen LogP contribution in [0.1, 0.15) is 61.3 Å². The largest absolute Gasteiger partial charge is 0.377 e. The number of allylic oxidation sites excluding steroid dienone is 1. The van der Waals surface area contributed by atoms with Crippen molar-refractivity contribution in [2.45, 2.75) is 66.8 Å². The van der Waals surface area contributed by atoms with Gasteiger partial charge in [-0.3, -0.25) is 9.69 Å². The van der Waals surface area contributed by atoms with Crippen LogP contribution in [0.5, 0.6) is 0 Å². The lowest BCUT2D eigenvalue weighted by Gasteiger charge is -2.47. The molecule has 0 saturated carbocycles. The summed E-state index contributed by atoms with van der Waals surface area (Å²) in [6.07, 6.45) is 3.72. The predicted octanol–water partition coefficient (Wildman–Crippen LogP) is 4.32. The molecule has 1 saturated heterocycles. The summed E-state index contributed by atoms with van der Waals surface area (Å²) in [5.41, 5.74) is 0.385. The fraction of sp³-hybridized carbons (Fsp3) is 0.824. The molecule has 0 bridgehead atoms. The highest BCUT2D eigenvalue weighted by Gasteiger charge is 2.39. The Morgan fingerprint density at radius 1 is 1.25 bits per heavy atom. The van der Waals surface area contributed by atoms with Crippen LogP contribution in [0.15, 0.2) is 12.7 Å². The Kier molecular flexibility index (Phi) is 20.0. The zero-order chi connectivity index (χ0) is 16.6. The van der Waals surface area contributed by atoms with Crippen LogP contribution in [0.2, 0.25) is 0 Å². The first-order valence-electron chi connectivity index (χ1n) is 7.94. The molecule has 0 spiro atoms. The first-order chi connectivity index (χ1) is 9.52. The summed E-state index contributed by atoms with van der Waals surface area (Å²) in [4.78, 5) is 12.1. The van der Waals surface area contributed by atoms with Crippen molar-refractivity contribution in [1.29, 1.82) is 0 Å². The van der Waals surface area contributed by atoms with Crippen molar-refractivity contribution >= 4 is 5.78 Å². The van der Waals surface area contributed by atoms with Gasteiger partial charge in [-0.15, -0.1) is 0 Å². The molecular weight excluding hydrogens is 250 g/mol. The fourth-order valence-electron chi connectivity index (χ4n) is 1.60. The number of hydrogen-bond donors (Lipinski definition) is 0. The lowest BCUT2D eigenvalue weighted by molar-refractivity contribution is -0.134. The second-order valence-electron chi connectivity index (χ2n) is 4.31. The van der Waals surface area contributed by atoms with Crippen LogP contribution in [0, 0.1) is 0 Å². The zero-order valence-corrected chi connectivity index (χ0v) is 15.1. The van der Waals surface area contributed by atoms with Crippen LogP contribution in [0.3, 0.4) is 0 Å². The number of nitrogens with zero attached hydrogens (tertiary/aromatic N) is 1. The first-order valence-corrected chi connectivity index (χ1v) is 7.94. The number of ketones is 1. The summed E-state index contributed by atoms with van der Waals surface area (Å²) < 4.78 is 5.25. The third-order valence-electron chi connectivity index (χ3n) is 3.06. The maximum atomic E-state index is 9.69. The van der Waals surface area contributed by atoms with Crippen molar-refractivity contribution in [3.8, 4) is 0 Å². The average Bonchev–Trinajstić information content (AvgIpc) is 2.43. The Hall–Kier alpha value is -0.670. The highest BCUT2D eigenvalue weighted by Crippen LogP contribution is 2.27. The van der Waals surface area contributed by atoms with E-state index in [1.165, 1.54) is 32.4 Å². The number of carbonyl (C=O) groups is 1. The first kappa shape index (κ1) is 24.4. The highest BCUT2D eigenvalue weighted by atomic mass is 16.5. The van der Waals surface area contributed by atoms with E-state index in [-0.39, 0.29) is 5.78 Å². The van der Waals surface area contributed by atoms with Crippen molar-refractivity contribution in [2.75, 3.05) is 26.8 Å². The molecule has 1 heterocycles. The predicted molar refractivity (Wildman–Crippen MR) is 90.3 cm³/mol. The van der Waals surface area contributed by atoms with E-state index in [9.17, 15) is 4.79 Å². The molecule has 3 heteroatoms. The molecule has 0 aromatic rings. The standard InChI is InChI=1S/C9H19NO.C4H6O.2C2H6/c1-4-6-10(3)9(5-2)7-11-8-9;1-3-4(2)5;2*1-2/h4-8H2,1-3H3;3H,1H2,2H3;2*1-2H3. The molecule has 1 aliphatic heterocycles. The van der Waals surface area contributed by atoms with E-state index in [2.05, 4.69) is 32.4 Å². The van der Waals surface area contributed by atoms with Crippen molar-refractivity contribution in [2.24, 2.45) is 0 Å². The smallest absolute Gasteiger partial charge is 0.152 e. The Labute approximate surface area is 127 Å². The minimum Gasteiger partial charge on any atom is -0.377 e. The van der Waals surface area contributed by atoms with Gasteiger partial charge in [-0.05, 0) is 39.4 Å². The molecule has 122 valence electrons. The van der Waals surface area contributed by atoms with Crippen LogP contribution in [-0.4, -0.2) is 43.0 Å². The molecular formula is C17H37NO2. The summed E-state index contributed by atoms with van der Waals surface area (Å²) in [7, 11) is 2.20. The molecule has 1 rings (SSSR count). The number of carbonyl (C=O) groups excluding carboxylic acids is 1. The molecule has 1 fully saturated rings. The zero-order valence-electron chi connectivity index (χ0n) is 15.1. The van der Waals surface area contributed by atoms with Gasteiger partial charge in [0.05, 0.1) is 18.8 Å². The highest BCUT2D eigenvalue weighted by molar-refractivity contribution is 5.86. The van der Waals surface area contributed by atoms with Gasteiger partial charge in [0.15, 0.2) is 5.78 Å². The van der Waals surface area contributed by atoms with Gasteiger partial charge in [0.25, 0.3) is 0 Å². The molecule has 3 nitrogen and oxygen atoms in total. The molecule has 0 atom stereocenters. The minimum atomic E-state index is 0.0185. The van der Waals surface area contributed by atoms with E-state index < -0.39 is 0 Å². The molecule has 0 aromatic heterocycles. The van der Waals surface area contributed by atoms with E-state index in [4.69, 9.17) is 4.74 Å². The SMILES string of the molecule is C=CC(C)=O.CC.CC.CCCN(C)C1(CC)COC1. The summed E-state index contributed by atoms with van der Waals surface area (Å²) in [5.74, 6) is 0.0185. The van der Waals surface area contributed by atoms with E-state index >= 15 is 0 Å². The van der Waals surface area contributed by atoms with Crippen LogP contribution in [-0.2, 0) is 9.53 Å². The van der Waals surface area contributed by atoms with Gasteiger partial charge in [-0.2, -0.15) is 0 Å². The lowest BCUT2D eigenvalue weighted by atomic mass is 9.92. The Morgan fingerprint density at radius 2 is 1.65 bits per heavy atom. The van der Waals surface area contributed by atoms with Crippen molar-refractivity contribution < 1.29 is 9.53 Å². The summed E-state index contributed by atoms with van der Waals surface area (Å²) in [6.45, 7) is 20.2.